The summed E-state index contributed by atoms with van der Waals surface area (Å²) in [6, 6.07) is 26.8. The van der Waals surface area contributed by atoms with Crippen molar-refractivity contribution in [1.29, 1.82) is 0 Å². The zero-order chi connectivity index (χ0) is 20.3. The van der Waals surface area contributed by atoms with Crippen LogP contribution in [0.2, 0.25) is 5.32 Å². The predicted molar refractivity (Wildman–Crippen MR) is 124 cm³/mol. The van der Waals surface area contributed by atoms with E-state index in [9.17, 15) is 4.79 Å². The quantitative estimate of drug-likeness (QED) is 0.311. The van der Waals surface area contributed by atoms with E-state index in [4.69, 9.17) is 0 Å². The molecule has 148 valence electrons. The molecule has 2 aromatic heterocycles. The standard InChI is InChI=1S/C25H21N3OSe/c29-24(26-14-15-30-18-8-2-1-3-9-18)16-21-19-10-5-7-13-23(19)28-17-27-22-12-6-4-11-20(22)25(21)28/h1-13,17H,14-16H2,(H,26,29). The zero-order valence-corrected chi connectivity index (χ0v) is 18.1. The van der Waals surface area contributed by atoms with E-state index in [0.29, 0.717) is 27.9 Å². The van der Waals surface area contributed by atoms with Crippen molar-refractivity contribution in [2.45, 2.75) is 11.7 Å². The molecule has 0 atom stereocenters. The third-order valence-corrected chi connectivity index (χ3v) is 7.39. The fraction of sp³-hybridized carbons (Fsp3) is 0.120. The van der Waals surface area contributed by atoms with Crippen molar-refractivity contribution in [3.05, 3.63) is 90.8 Å². The molecule has 0 fully saturated rings. The third-order valence-electron chi connectivity index (χ3n) is 5.26. The fourth-order valence-corrected chi connectivity index (χ4v) is 5.59. The van der Waals surface area contributed by atoms with Gasteiger partial charge in [-0.2, -0.15) is 0 Å². The monoisotopic (exact) mass is 459 g/mol. The normalized spacial score (nSPS) is 11.3. The summed E-state index contributed by atoms with van der Waals surface area (Å²) in [4.78, 5) is 17.4. The van der Waals surface area contributed by atoms with E-state index in [1.807, 2.05) is 42.7 Å². The SMILES string of the molecule is O=C(Cc1c2ccccc2n2cnc3ccccc3c12)NCC[Se]c1ccccc1. The third kappa shape index (κ3) is 3.58. The first-order valence-corrected chi connectivity index (χ1v) is 12.1. The number of hydrogen-bond donors (Lipinski definition) is 1. The molecule has 0 saturated heterocycles. The van der Waals surface area contributed by atoms with E-state index in [1.54, 1.807) is 0 Å². The van der Waals surface area contributed by atoms with Crippen molar-refractivity contribution in [1.82, 2.24) is 14.7 Å². The Hall–Kier alpha value is -3.14. The Balaban J connectivity index is 1.41. The van der Waals surface area contributed by atoms with E-state index in [2.05, 4.69) is 57.2 Å². The van der Waals surface area contributed by atoms with Gasteiger partial charge in [0.05, 0.1) is 0 Å². The zero-order valence-electron chi connectivity index (χ0n) is 16.4. The molecular formula is C25H21N3OSe. The average molecular weight is 458 g/mol. The molecule has 0 spiro atoms. The first-order valence-electron chi connectivity index (χ1n) is 10.0. The number of nitrogens with one attached hydrogen (secondary N) is 1. The Kier molecular flexibility index (Phi) is 5.22. The number of para-hydroxylation sites is 2. The van der Waals surface area contributed by atoms with Crippen LogP contribution in [0.3, 0.4) is 0 Å². The number of hydrogen-bond acceptors (Lipinski definition) is 2. The predicted octanol–water partition coefficient (Wildman–Crippen LogP) is 3.75. The van der Waals surface area contributed by atoms with Gasteiger partial charge < -0.3 is 0 Å². The van der Waals surface area contributed by atoms with Crippen molar-refractivity contribution < 1.29 is 4.79 Å². The van der Waals surface area contributed by atoms with Gasteiger partial charge in [-0.05, 0) is 0 Å². The Morgan fingerprint density at radius 3 is 2.50 bits per heavy atom. The number of carbonyl (C=O) groups excluding carboxylic acids is 1. The summed E-state index contributed by atoms with van der Waals surface area (Å²) in [7, 11) is 0. The minimum absolute atomic E-state index is 0.0676. The van der Waals surface area contributed by atoms with Crippen LogP contribution in [-0.2, 0) is 11.2 Å². The summed E-state index contributed by atoms with van der Waals surface area (Å²) < 4.78 is 3.47. The van der Waals surface area contributed by atoms with Gasteiger partial charge in [0.1, 0.15) is 0 Å². The van der Waals surface area contributed by atoms with E-state index in [1.165, 1.54) is 4.46 Å². The molecule has 0 unspecified atom stereocenters. The number of rotatable bonds is 6. The molecular weight excluding hydrogens is 437 g/mol. The van der Waals surface area contributed by atoms with Crippen molar-refractivity contribution >= 4 is 52.6 Å². The van der Waals surface area contributed by atoms with E-state index in [-0.39, 0.29) is 5.91 Å². The van der Waals surface area contributed by atoms with Gasteiger partial charge in [0, 0.05) is 0 Å². The van der Waals surface area contributed by atoms with Gasteiger partial charge in [0.15, 0.2) is 0 Å². The van der Waals surface area contributed by atoms with Gasteiger partial charge in [-0.1, -0.05) is 0 Å². The first kappa shape index (κ1) is 18.9. The number of benzene rings is 3. The number of carbonyl (C=O) groups is 1. The molecule has 0 aliphatic heterocycles. The molecule has 0 aliphatic rings. The van der Waals surface area contributed by atoms with Gasteiger partial charge in [0.2, 0.25) is 0 Å². The van der Waals surface area contributed by atoms with Crippen LogP contribution in [0, 0.1) is 0 Å². The van der Waals surface area contributed by atoms with Gasteiger partial charge in [-0.3, -0.25) is 0 Å². The van der Waals surface area contributed by atoms with E-state index in [0.717, 1.165) is 38.2 Å². The maximum absolute atomic E-state index is 12.8. The molecule has 0 radical (unpaired) electrons. The molecule has 5 heteroatoms. The van der Waals surface area contributed by atoms with Gasteiger partial charge >= 0.3 is 181 Å². The number of nitrogens with zero attached hydrogens (tertiary/aromatic N) is 2. The Morgan fingerprint density at radius 2 is 1.63 bits per heavy atom. The van der Waals surface area contributed by atoms with Crippen LogP contribution in [0.5, 0.6) is 0 Å². The van der Waals surface area contributed by atoms with Crippen LogP contribution in [0.15, 0.2) is 85.2 Å². The molecule has 2 heterocycles. The van der Waals surface area contributed by atoms with Crippen LogP contribution in [0.4, 0.5) is 0 Å². The number of fused-ring (bicyclic) bond motifs is 5. The topological polar surface area (TPSA) is 46.4 Å². The summed E-state index contributed by atoms with van der Waals surface area (Å²) in [6.07, 6.45) is 2.23. The van der Waals surface area contributed by atoms with Gasteiger partial charge in [-0.25, -0.2) is 0 Å². The van der Waals surface area contributed by atoms with E-state index < -0.39 is 0 Å². The molecule has 5 aromatic rings. The second kappa shape index (κ2) is 8.31. The molecule has 30 heavy (non-hydrogen) atoms. The molecule has 0 aliphatic carbocycles. The maximum atomic E-state index is 12.8. The second-order valence-corrected chi connectivity index (χ2v) is 9.62. The summed E-state index contributed by atoms with van der Waals surface area (Å²) in [5.41, 5.74) is 4.17. The minimum atomic E-state index is 0.0676. The Bertz CT molecular complexity index is 1340. The van der Waals surface area contributed by atoms with Crippen LogP contribution < -0.4 is 9.78 Å². The van der Waals surface area contributed by atoms with Gasteiger partial charge in [0.25, 0.3) is 0 Å². The average Bonchev–Trinajstić information content (AvgIpc) is 3.11. The summed E-state index contributed by atoms with van der Waals surface area (Å²) >= 11 is 0.381. The summed E-state index contributed by atoms with van der Waals surface area (Å²) in [5.74, 6) is 0.0676. The van der Waals surface area contributed by atoms with Crippen molar-refractivity contribution in [2.24, 2.45) is 0 Å². The van der Waals surface area contributed by atoms with Crippen molar-refractivity contribution in [3.8, 4) is 0 Å². The fourth-order valence-electron chi connectivity index (χ4n) is 3.93. The van der Waals surface area contributed by atoms with Crippen LogP contribution in [0.25, 0.3) is 27.3 Å². The Morgan fingerprint density at radius 1 is 0.900 bits per heavy atom. The molecule has 1 N–H and O–H groups in total. The molecule has 0 saturated carbocycles. The first-order chi connectivity index (χ1) is 14.8. The molecule has 5 rings (SSSR count). The van der Waals surface area contributed by atoms with Crippen molar-refractivity contribution in [3.63, 3.8) is 0 Å². The van der Waals surface area contributed by atoms with Crippen LogP contribution in [-0.4, -0.2) is 36.8 Å². The molecule has 3 aromatic carbocycles. The summed E-state index contributed by atoms with van der Waals surface area (Å²) in [5, 5.41) is 6.30. The van der Waals surface area contributed by atoms with E-state index >= 15 is 0 Å². The molecule has 4 nitrogen and oxygen atoms in total. The molecule has 1 amide bonds. The second-order valence-electron chi connectivity index (χ2n) is 7.16. The van der Waals surface area contributed by atoms with Crippen molar-refractivity contribution in [2.75, 3.05) is 6.54 Å². The number of aromatic nitrogens is 2. The Labute approximate surface area is 181 Å². The van der Waals surface area contributed by atoms with Crippen LogP contribution >= 0.6 is 0 Å². The molecule has 0 bridgehead atoms. The summed E-state index contributed by atoms with van der Waals surface area (Å²) in [6.45, 7) is 0.708. The number of amides is 1. The van der Waals surface area contributed by atoms with Gasteiger partial charge in [-0.15, -0.1) is 0 Å². The van der Waals surface area contributed by atoms with Crippen LogP contribution in [0.1, 0.15) is 5.56 Å².